The van der Waals surface area contributed by atoms with Crippen LogP contribution in [0.2, 0.25) is 0 Å². The number of fused-ring (bicyclic) bond motifs is 1. The highest BCUT2D eigenvalue weighted by atomic mass is 16.1. The standard InChI is InChI=1S/C14H11N4O/c1-18-9-15-11-7-8-12(16-13(11)18)17-14(19)10-5-3-2-4-6-10/h2-8H,1H3,(H,16,17,19). The largest absolute Gasteiger partial charge is 0.309 e. The molecule has 1 aromatic carbocycles. The van der Waals surface area contributed by atoms with Crippen molar-refractivity contribution in [2.24, 2.45) is 7.05 Å². The molecule has 1 amide bonds. The quantitative estimate of drug-likeness (QED) is 0.758. The van der Waals surface area contributed by atoms with Crippen LogP contribution < -0.4 is 5.32 Å². The highest BCUT2D eigenvalue weighted by Gasteiger charge is 2.08. The third-order valence-electron chi connectivity index (χ3n) is 2.77. The minimum absolute atomic E-state index is 0.182. The van der Waals surface area contributed by atoms with Crippen LogP contribution in [0.15, 0.2) is 42.5 Å². The van der Waals surface area contributed by atoms with Crippen LogP contribution in [0, 0.1) is 6.33 Å². The SMILES string of the molecule is Cn1[c]nc2ccc(NC(=O)c3ccccc3)nc21. The second-order valence-electron chi connectivity index (χ2n) is 4.13. The number of imidazole rings is 1. The number of carbonyl (C=O) groups is 1. The average molecular weight is 251 g/mol. The molecule has 0 aliphatic rings. The molecule has 2 aromatic heterocycles. The normalized spacial score (nSPS) is 10.6. The summed E-state index contributed by atoms with van der Waals surface area (Å²) in [5, 5.41) is 2.76. The van der Waals surface area contributed by atoms with Gasteiger partial charge in [-0.1, -0.05) is 18.2 Å². The van der Waals surface area contributed by atoms with Crippen LogP contribution in [0.1, 0.15) is 10.4 Å². The van der Waals surface area contributed by atoms with E-state index < -0.39 is 0 Å². The molecule has 0 spiro atoms. The van der Waals surface area contributed by atoms with E-state index in [1.54, 1.807) is 28.8 Å². The van der Waals surface area contributed by atoms with Gasteiger partial charge in [0, 0.05) is 12.6 Å². The zero-order chi connectivity index (χ0) is 13.2. The summed E-state index contributed by atoms with van der Waals surface area (Å²) < 4.78 is 1.69. The van der Waals surface area contributed by atoms with Gasteiger partial charge >= 0.3 is 0 Å². The third kappa shape index (κ3) is 2.18. The lowest BCUT2D eigenvalue weighted by Gasteiger charge is -2.04. The van der Waals surface area contributed by atoms with Crippen molar-refractivity contribution < 1.29 is 4.79 Å². The van der Waals surface area contributed by atoms with Crippen LogP contribution in [0.3, 0.4) is 0 Å². The predicted molar refractivity (Wildman–Crippen MR) is 71.7 cm³/mol. The topological polar surface area (TPSA) is 59.8 Å². The number of hydrogen-bond acceptors (Lipinski definition) is 3. The van der Waals surface area contributed by atoms with Gasteiger partial charge in [-0.05, 0) is 24.3 Å². The zero-order valence-corrected chi connectivity index (χ0v) is 10.3. The number of benzene rings is 1. The molecule has 0 atom stereocenters. The summed E-state index contributed by atoms with van der Waals surface area (Å²) in [5.74, 6) is 0.317. The van der Waals surface area contributed by atoms with Crippen LogP contribution in [-0.2, 0) is 7.05 Å². The molecule has 1 radical (unpaired) electrons. The third-order valence-corrected chi connectivity index (χ3v) is 2.77. The van der Waals surface area contributed by atoms with Crippen molar-refractivity contribution in [2.75, 3.05) is 5.32 Å². The van der Waals surface area contributed by atoms with Gasteiger partial charge in [0.1, 0.15) is 11.3 Å². The van der Waals surface area contributed by atoms with Gasteiger partial charge in [0.05, 0.1) is 0 Å². The van der Waals surface area contributed by atoms with Gasteiger partial charge in [-0.3, -0.25) is 4.79 Å². The van der Waals surface area contributed by atoms with E-state index in [1.165, 1.54) is 0 Å². The monoisotopic (exact) mass is 251 g/mol. The predicted octanol–water partition coefficient (Wildman–Crippen LogP) is 2.02. The van der Waals surface area contributed by atoms with E-state index >= 15 is 0 Å². The van der Waals surface area contributed by atoms with Gasteiger partial charge in [0.15, 0.2) is 12.0 Å². The van der Waals surface area contributed by atoms with Crippen LogP contribution in [0.5, 0.6) is 0 Å². The van der Waals surface area contributed by atoms with E-state index in [9.17, 15) is 4.79 Å². The molecule has 0 saturated carbocycles. The fourth-order valence-electron chi connectivity index (χ4n) is 1.80. The fraction of sp³-hybridized carbons (Fsp3) is 0.0714. The number of anilines is 1. The molecule has 5 nitrogen and oxygen atoms in total. The first-order valence-electron chi connectivity index (χ1n) is 5.81. The van der Waals surface area contributed by atoms with E-state index in [2.05, 4.69) is 21.6 Å². The molecule has 0 unspecified atom stereocenters. The smallest absolute Gasteiger partial charge is 0.256 e. The molecule has 3 aromatic rings. The Kier molecular flexibility index (Phi) is 2.72. The maximum Gasteiger partial charge on any atom is 0.256 e. The molecule has 0 bridgehead atoms. The Labute approximate surface area is 109 Å². The molecule has 0 saturated heterocycles. The van der Waals surface area contributed by atoms with Gasteiger partial charge in [-0.25, -0.2) is 9.97 Å². The maximum absolute atomic E-state index is 12.0. The molecule has 0 aliphatic heterocycles. The van der Waals surface area contributed by atoms with Crippen molar-refractivity contribution >= 4 is 22.9 Å². The number of aryl methyl sites for hydroxylation is 1. The number of carbonyl (C=O) groups excluding carboxylic acids is 1. The van der Waals surface area contributed by atoms with Gasteiger partial charge < -0.3 is 9.88 Å². The first-order chi connectivity index (χ1) is 9.24. The summed E-state index contributed by atoms with van der Waals surface area (Å²) in [5.41, 5.74) is 2.03. The summed E-state index contributed by atoms with van der Waals surface area (Å²) in [4.78, 5) is 20.4. The minimum atomic E-state index is -0.182. The molecule has 1 N–H and O–H groups in total. The molecule has 0 aliphatic carbocycles. The van der Waals surface area contributed by atoms with E-state index in [0.717, 1.165) is 5.52 Å². The first-order valence-corrected chi connectivity index (χ1v) is 5.81. The zero-order valence-electron chi connectivity index (χ0n) is 10.3. The summed E-state index contributed by atoms with van der Waals surface area (Å²) in [7, 11) is 1.81. The maximum atomic E-state index is 12.0. The Hall–Kier alpha value is -2.69. The van der Waals surface area contributed by atoms with Gasteiger partial charge in [-0.15, -0.1) is 0 Å². The van der Waals surface area contributed by atoms with Crippen molar-refractivity contribution in [3.05, 3.63) is 54.4 Å². The number of pyridine rings is 1. The molecular formula is C14H11N4O. The number of rotatable bonds is 2. The Bertz CT molecular complexity index is 734. The Morgan fingerprint density at radius 2 is 2.00 bits per heavy atom. The van der Waals surface area contributed by atoms with Crippen LogP contribution in [0.25, 0.3) is 11.2 Å². The van der Waals surface area contributed by atoms with Gasteiger partial charge in [0.2, 0.25) is 0 Å². The summed E-state index contributed by atoms with van der Waals surface area (Å²) in [6.45, 7) is 0. The van der Waals surface area contributed by atoms with Gasteiger partial charge in [0.25, 0.3) is 5.91 Å². The molecule has 0 fully saturated rings. The summed E-state index contributed by atoms with van der Waals surface area (Å²) in [6.07, 6.45) is 2.78. The van der Waals surface area contributed by atoms with Crippen LogP contribution in [0.4, 0.5) is 5.82 Å². The lowest BCUT2D eigenvalue weighted by atomic mass is 10.2. The lowest BCUT2D eigenvalue weighted by molar-refractivity contribution is 0.102. The molecule has 93 valence electrons. The van der Waals surface area contributed by atoms with Crippen molar-refractivity contribution in [3.63, 3.8) is 0 Å². The average Bonchev–Trinajstić information content (AvgIpc) is 2.81. The van der Waals surface area contributed by atoms with Gasteiger partial charge in [-0.2, -0.15) is 0 Å². The van der Waals surface area contributed by atoms with E-state index in [-0.39, 0.29) is 5.91 Å². The number of hydrogen-bond donors (Lipinski definition) is 1. The lowest BCUT2D eigenvalue weighted by Crippen LogP contribution is -2.12. The molecule has 5 heteroatoms. The second kappa shape index (κ2) is 4.53. The Morgan fingerprint density at radius 1 is 1.21 bits per heavy atom. The molecule has 2 heterocycles. The highest BCUT2D eigenvalue weighted by molar-refractivity contribution is 6.04. The van der Waals surface area contributed by atoms with Crippen molar-refractivity contribution in [2.45, 2.75) is 0 Å². The minimum Gasteiger partial charge on any atom is -0.309 e. The Morgan fingerprint density at radius 3 is 2.79 bits per heavy atom. The van der Waals surface area contributed by atoms with Crippen LogP contribution in [-0.4, -0.2) is 20.4 Å². The number of nitrogens with one attached hydrogen (secondary N) is 1. The van der Waals surface area contributed by atoms with Crippen molar-refractivity contribution in [1.82, 2.24) is 14.5 Å². The number of amides is 1. The van der Waals surface area contributed by atoms with Crippen molar-refractivity contribution in [1.29, 1.82) is 0 Å². The van der Waals surface area contributed by atoms with Crippen molar-refractivity contribution in [3.8, 4) is 0 Å². The summed E-state index contributed by atoms with van der Waals surface area (Å²) >= 11 is 0. The highest BCUT2D eigenvalue weighted by Crippen LogP contribution is 2.13. The van der Waals surface area contributed by atoms with E-state index in [1.807, 2.05) is 25.2 Å². The summed E-state index contributed by atoms with van der Waals surface area (Å²) in [6, 6.07) is 12.6. The number of aromatic nitrogens is 3. The molecule has 19 heavy (non-hydrogen) atoms. The van der Waals surface area contributed by atoms with Crippen LogP contribution >= 0.6 is 0 Å². The van der Waals surface area contributed by atoms with E-state index in [4.69, 9.17) is 0 Å². The second-order valence-corrected chi connectivity index (χ2v) is 4.13. The Balaban J connectivity index is 1.89. The first kappa shape index (κ1) is 11.4. The van der Waals surface area contributed by atoms with E-state index in [0.29, 0.717) is 17.0 Å². The molecular weight excluding hydrogens is 240 g/mol. The number of nitrogens with zero attached hydrogens (tertiary/aromatic N) is 3. The molecule has 3 rings (SSSR count). The fourth-order valence-corrected chi connectivity index (χ4v) is 1.80.